The first-order valence-electron chi connectivity index (χ1n) is 7.63. The van der Waals surface area contributed by atoms with Crippen molar-refractivity contribution < 1.29 is 27.6 Å². The zero-order chi connectivity index (χ0) is 20.1. The molecule has 27 heavy (non-hydrogen) atoms. The number of benzene rings is 1. The predicted octanol–water partition coefficient (Wildman–Crippen LogP) is 1.42. The highest BCUT2D eigenvalue weighted by molar-refractivity contribution is 8.01. The van der Waals surface area contributed by atoms with Crippen LogP contribution in [0, 0.1) is 11.6 Å². The fraction of sp³-hybridized carbons (Fsp3) is 0.312. The van der Waals surface area contributed by atoms with E-state index in [0.717, 1.165) is 30.0 Å². The van der Waals surface area contributed by atoms with E-state index in [0.29, 0.717) is 0 Å². The maximum absolute atomic E-state index is 13.6. The monoisotopic (exact) mass is 398 g/mol. The Balaban J connectivity index is 2.02. The first-order valence-corrected chi connectivity index (χ1v) is 8.51. The molecule has 1 atom stereocenters. The number of halogens is 2. The molecule has 0 bridgehead atoms. The Morgan fingerprint density at radius 2 is 1.85 bits per heavy atom. The molecule has 0 fully saturated rings. The molecule has 1 N–H and O–H groups in total. The standard InChI is InChI=1S/C16H16F2N4O4S/c1-8(23)13(15(25)22(2)3)27-16-21-20-11(26-16)7-19-14(24)12-9(17)5-4-6-10(12)18/h4-6,13H,7H2,1-3H3,(H,19,24)/t13-/m1/s1. The van der Waals surface area contributed by atoms with E-state index in [1.165, 1.54) is 25.9 Å². The van der Waals surface area contributed by atoms with Crippen LogP contribution in [-0.4, -0.2) is 52.0 Å². The van der Waals surface area contributed by atoms with Gasteiger partial charge in [-0.15, -0.1) is 10.2 Å². The van der Waals surface area contributed by atoms with Gasteiger partial charge in [-0.25, -0.2) is 8.78 Å². The molecule has 1 heterocycles. The molecule has 0 saturated carbocycles. The molecule has 0 radical (unpaired) electrons. The molecule has 0 saturated heterocycles. The van der Waals surface area contributed by atoms with Gasteiger partial charge in [-0.1, -0.05) is 6.07 Å². The Labute approximate surface area is 157 Å². The number of carbonyl (C=O) groups excluding carboxylic acids is 3. The number of carbonyl (C=O) groups is 3. The lowest BCUT2D eigenvalue weighted by molar-refractivity contribution is -0.132. The molecule has 2 amide bonds. The van der Waals surface area contributed by atoms with Crippen LogP contribution in [0.15, 0.2) is 27.8 Å². The van der Waals surface area contributed by atoms with Gasteiger partial charge < -0.3 is 14.6 Å². The number of nitrogens with one attached hydrogen (secondary N) is 1. The molecule has 0 aliphatic rings. The van der Waals surface area contributed by atoms with E-state index in [-0.39, 0.29) is 23.4 Å². The summed E-state index contributed by atoms with van der Waals surface area (Å²) in [5.41, 5.74) is -0.722. The van der Waals surface area contributed by atoms with Gasteiger partial charge in [-0.05, 0) is 30.8 Å². The van der Waals surface area contributed by atoms with Crippen molar-refractivity contribution in [2.45, 2.75) is 23.9 Å². The van der Waals surface area contributed by atoms with Crippen LogP contribution < -0.4 is 5.32 Å². The van der Waals surface area contributed by atoms with E-state index in [2.05, 4.69) is 15.5 Å². The summed E-state index contributed by atoms with van der Waals surface area (Å²) in [5.74, 6) is -3.86. The highest BCUT2D eigenvalue weighted by Gasteiger charge is 2.28. The third kappa shape index (κ3) is 5.09. The van der Waals surface area contributed by atoms with E-state index in [1.54, 1.807) is 0 Å². The molecule has 2 rings (SSSR count). The van der Waals surface area contributed by atoms with Crippen LogP contribution in [0.3, 0.4) is 0 Å². The van der Waals surface area contributed by atoms with Crippen LogP contribution in [0.1, 0.15) is 23.2 Å². The second kappa shape index (κ2) is 8.71. The summed E-state index contributed by atoms with van der Waals surface area (Å²) in [7, 11) is 3.02. The topological polar surface area (TPSA) is 105 Å². The number of aromatic nitrogens is 2. The summed E-state index contributed by atoms with van der Waals surface area (Å²) in [6.45, 7) is 0.978. The highest BCUT2D eigenvalue weighted by atomic mass is 32.2. The van der Waals surface area contributed by atoms with Gasteiger partial charge in [0.1, 0.15) is 17.2 Å². The van der Waals surface area contributed by atoms with Gasteiger partial charge in [0.25, 0.3) is 11.1 Å². The lowest BCUT2D eigenvalue weighted by atomic mass is 10.2. The largest absolute Gasteiger partial charge is 0.414 e. The van der Waals surface area contributed by atoms with Gasteiger partial charge in [0.15, 0.2) is 11.0 Å². The third-order valence-corrected chi connectivity index (χ3v) is 4.43. The van der Waals surface area contributed by atoms with Gasteiger partial charge in [-0.2, -0.15) is 0 Å². The number of thioether (sulfide) groups is 1. The number of amides is 2. The average molecular weight is 398 g/mol. The molecular weight excluding hydrogens is 382 g/mol. The molecule has 144 valence electrons. The fourth-order valence-electron chi connectivity index (χ4n) is 1.96. The molecule has 1 aromatic carbocycles. The van der Waals surface area contributed by atoms with E-state index in [9.17, 15) is 23.2 Å². The van der Waals surface area contributed by atoms with Gasteiger partial charge in [-0.3, -0.25) is 14.4 Å². The number of hydrogen-bond donors (Lipinski definition) is 1. The van der Waals surface area contributed by atoms with Gasteiger partial charge >= 0.3 is 0 Å². The van der Waals surface area contributed by atoms with E-state index < -0.39 is 34.3 Å². The van der Waals surface area contributed by atoms with Crippen molar-refractivity contribution in [1.29, 1.82) is 0 Å². The minimum atomic E-state index is -1.05. The van der Waals surface area contributed by atoms with E-state index in [4.69, 9.17) is 4.42 Å². The van der Waals surface area contributed by atoms with Gasteiger partial charge in [0, 0.05) is 14.1 Å². The SMILES string of the molecule is CC(=O)[C@@H](Sc1nnc(CNC(=O)c2c(F)cccc2F)o1)C(=O)N(C)C. The number of hydrogen-bond acceptors (Lipinski definition) is 7. The lowest BCUT2D eigenvalue weighted by Gasteiger charge is -2.15. The summed E-state index contributed by atoms with van der Waals surface area (Å²) in [4.78, 5) is 36.8. The fourth-order valence-corrected chi connectivity index (χ4v) is 2.87. The Bertz CT molecular complexity index is 852. The van der Waals surface area contributed by atoms with Gasteiger partial charge in [0.2, 0.25) is 11.8 Å². The smallest absolute Gasteiger partial charge is 0.277 e. The first kappa shape index (κ1) is 20.5. The summed E-state index contributed by atoms with van der Waals surface area (Å²) >= 11 is 0.776. The molecule has 11 heteroatoms. The zero-order valence-electron chi connectivity index (χ0n) is 14.7. The van der Waals surface area contributed by atoms with Crippen molar-refractivity contribution in [3.05, 3.63) is 41.3 Å². The van der Waals surface area contributed by atoms with Crippen molar-refractivity contribution in [3.8, 4) is 0 Å². The van der Waals surface area contributed by atoms with E-state index in [1.807, 2.05) is 0 Å². The highest BCUT2D eigenvalue weighted by Crippen LogP contribution is 2.24. The molecule has 8 nitrogen and oxygen atoms in total. The molecule has 1 aromatic heterocycles. The second-order valence-electron chi connectivity index (χ2n) is 5.58. The minimum Gasteiger partial charge on any atom is -0.414 e. The summed E-state index contributed by atoms with van der Waals surface area (Å²) < 4.78 is 32.4. The maximum Gasteiger partial charge on any atom is 0.277 e. The number of rotatable bonds is 7. The Kier molecular flexibility index (Phi) is 6.61. The molecule has 0 aliphatic heterocycles. The van der Waals surface area contributed by atoms with Crippen LogP contribution in [-0.2, 0) is 16.1 Å². The van der Waals surface area contributed by atoms with Crippen molar-refractivity contribution in [2.75, 3.05) is 14.1 Å². The summed E-state index contributed by atoms with van der Waals surface area (Å²) in [6.07, 6.45) is 0. The minimum absolute atomic E-state index is 0.0493. The van der Waals surface area contributed by atoms with Crippen LogP contribution >= 0.6 is 11.8 Å². The Morgan fingerprint density at radius 3 is 2.41 bits per heavy atom. The third-order valence-electron chi connectivity index (χ3n) is 3.29. The molecular formula is C16H16F2N4O4S. The Morgan fingerprint density at radius 1 is 1.22 bits per heavy atom. The van der Waals surface area contributed by atoms with Gasteiger partial charge in [0.05, 0.1) is 6.54 Å². The van der Waals surface area contributed by atoms with E-state index >= 15 is 0 Å². The Hall–Kier alpha value is -2.82. The summed E-state index contributed by atoms with van der Waals surface area (Å²) in [6, 6.07) is 3.07. The predicted molar refractivity (Wildman–Crippen MR) is 90.8 cm³/mol. The van der Waals surface area contributed by atoms with Crippen molar-refractivity contribution in [2.24, 2.45) is 0 Å². The number of ketones is 1. The van der Waals surface area contributed by atoms with Crippen LogP contribution in [0.5, 0.6) is 0 Å². The molecule has 0 unspecified atom stereocenters. The average Bonchev–Trinajstić information content (AvgIpc) is 3.04. The first-order chi connectivity index (χ1) is 12.7. The maximum atomic E-state index is 13.6. The van der Waals surface area contributed by atoms with Crippen molar-refractivity contribution in [1.82, 2.24) is 20.4 Å². The molecule has 2 aromatic rings. The second-order valence-corrected chi connectivity index (χ2v) is 6.64. The molecule has 0 aliphatic carbocycles. The van der Waals surface area contributed by atoms with Crippen molar-refractivity contribution in [3.63, 3.8) is 0 Å². The number of nitrogens with zero attached hydrogens (tertiary/aromatic N) is 3. The van der Waals surface area contributed by atoms with Crippen LogP contribution in [0.2, 0.25) is 0 Å². The normalized spacial score (nSPS) is 11.7. The van der Waals surface area contributed by atoms with Crippen LogP contribution in [0.25, 0.3) is 0 Å². The zero-order valence-corrected chi connectivity index (χ0v) is 15.5. The quantitative estimate of drug-likeness (QED) is 0.555. The summed E-state index contributed by atoms with van der Waals surface area (Å²) in [5, 5.41) is 8.52. The molecule has 0 spiro atoms. The van der Waals surface area contributed by atoms with Crippen LogP contribution in [0.4, 0.5) is 8.78 Å². The van der Waals surface area contributed by atoms with Crippen molar-refractivity contribution >= 4 is 29.4 Å². The number of Topliss-reactive ketones (excluding diaryl/α,β-unsaturated/α-hetero) is 1. The lowest BCUT2D eigenvalue weighted by Crippen LogP contribution is -2.35.